The fourth-order valence-corrected chi connectivity index (χ4v) is 3.00. The number of hydrogen-bond acceptors (Lipinski definition) is 4. The minimum Gasteiger partial charge on any atom is -0.464 e. The molecule has 5 heteroatoms. The molecule has 4 nitrogen and oxygen atoms in total. The molecule has 0 spiro atoms. The molecule has 1 aliphatic carbocycles. The van der Waals surface area contributed by atoms with Crippen LogP contribution in [0.2, 0.25) is 0 Å². The molecule has 1 aliphatic rings. The number of nitrogens with one attached hydrogen (secondary N) is 1. The maximum Gasteiger partial charge on any atom is 0.220 e. The van der Waals surface area contributed by atoms with Crippen LogP contribution in [0.15, 0.2) is 16.5 Å². The van der Waals surface area contributed by atoms with Gasteiger partial charge in [0.2, 0.25) is 5.91 Å². The molecule has 1 fully saturated rings. The number of primary amides is 1. The number of hydrogen-bond donors (Lipinski definition) is 2. The molecule has 2 rings (SSSR count). The Labute approximate surface area is 118 Å². The Morgan fingerprint density at radius 2 is 2.05 bits per heavy atom. The van der Waals surface area contributed by atoms with E-state index in [9.17, 15) is 4.79 Å². The van der Waals surface area contributed by atoms with Crippen LogP contribution >= 0.6 is 11.8 Å². The van der Waals surface area contributed by atoms with Gasteiger partial charge in [-0.15, -0.1) is 0 Å². The van der Waals surface area contributed by atoms with Gasteiger partial charge in [-0.25, -0.2) is 0 Å². The van der Waals surface area contributed by atoms with Gasteiger partial charge in [-0.05, 0) is 44.1 Å². The number of carbonyl (C=O) groups is 1. The molecule has 1 aromatic rings. The SMILES string of the molecule is CSCc1ccc(CNC2CCC(C(N)=O)CC2)o1. The smallest absolute Gasteiger partial charge is 0.220 e. The third-order valence-electron chi connectivity index (χ3n) is 3.70. The summed E-state index contributed by atoms with van der Waals surface area (Å²) in [5.41, 5.74) is 5.33. The summed E-state index contributed by atoms with van der Waals surface area (Å²) in [6.45, 7) is 0.764. The molecule has 1 aromatic heterocycles. The lowest BCUT2D eigenvalue weighted by atomic mass is 9.85. The van der Waals surface area contributed by atoms with E-state index in [-0.39, 0.29) is 11.8 Å². The van der Waals surface area contributed by atoms with Gasteiger partial charge in [0, 0.05) is 12.0 Å². The second-order valence-electron chi connectivity index (χ2n) is 5.13. The monoisotopic (exact) mass is 282 g/mol. The lowest BCUT2D eigenvalue weighted by Gasteiger charge is -2.27. The van der Waals surface area contributed by atoms with E-state index >= 15 is 0 Å². The highest BCUT2D eigenvalue weighted by atomic mass is 32.2. The number of amides is 1. The second-order valence-corrected chi connectivity index (χ2v) is 6.00. The number of furan rings is 1. The lowest BCUT2D eigenvalue weighted by molar-refractivity contribution is -0.122. The van der Waals surface area contributed by atoms with Gasteiger partial charge >= 0.3 is 0 Å². The molecule has 0 atom stereocenters. The van der Waals surface area contributed by atoms with E-state index in [1.807, 2.05) is 12.1 Å². The molecule has 1 heterocycles. The van der Waals surface area contributed by atoms with Crippen molar-refractivity contribution in [2.24, 2.45) is 11.7 Å². The Morgan fingerprint density at radius 1 is 1.37 bits per heavy atom. The van der Waals surface area contributed by atoms with Crippen molar-refractivity contribution >= 4 is 17.7 Å². The second kappa shape index (κ2) is 7.01. The highest BCUT2D eigenvalue weighted by molar-refractivity contribution is 7.97. The minimum absolute atomic E-state index is 0.0786. The fraction of sp³-hybridized carbons (Fsp3) is 0.643. The third-order valence-corrected chi connectivity index (χ3v) is 4.27. The molecule has 0 unspecified atom stereocenters. The van der Waals surface area contributed by atoms with Crippen LogP contribution in [-0.2, 0) is 17.1 Å². The van der Waals surface area contributed by atoms with Crippen LogP contribution in [-0.4, -0.2) is 18.2 Å². The molecule has 106 valence electrons. The van der Waals surface area contributed by atoms with Gasteiger partial charge in [-0.2, -0.15) is 11.8 Å². The predicted molar refractivity (Wildman–Crippen MR) is 77.7 cm³/mol. The third kappa shape index (κ3) is 4.28. The quantitative estimate of drug-likeness (QED) is 0.840. The van der Waals surface area contributed by atoms with Crippen molar-refractivity contribution in [1.29, 1.82) is 0 Å². The molecular formula is C14H22N2O2S. The van der Waals surface area contributed by atoms with E-state index in [2.05, 4.69) is 11.6 Å². The standard InChI is InChI=1S/C14H22N2O2S/c1-19-9-13-7-6-12(18-13)8-16-11-4-2-10(3-5-11)14(15)17/h6-7,10-11,16H,2-5,8-9H2,1H3,(H2,15,17). The maximum absolute atomic E-state index is 11.1. The van der Waals surface area contributed by atoms with Gasteiger partial charge in [-0.3, -0.25) is 4.79 Å². The van der Waals surface area contributed by atoms with Gasteiger partial charge in [0.25, 0.3) is 0 Å². The first kappa shape index (κ1) is 14.5. The first-order valence-corrected chi connectivity index (χ1v) is 8.17. The van der Waals surface area contributed by atoms with Crippen molar-refractivity contribution < 1.29 is 9.21 Å². The van der Waals surface area contributed by atoms with Crippen LogP contribution in [0.25, 0.3) is 0 Å². The largest absolute Gasteiger partial charge is 0.464 e. The molecule has 1 amide bonds. The van der Waals surface area contributed by atoms with Gasteiger partial charge in [0.15, 0.2) is 0 Å². The molecule has 19 heavy (non-hydrogen) atoms. The van der Waals surface area contributed by atoms with E-state index in [1.165, 1.54) is 0 Å². The van der Waals surface area contributed by atoms with Crippen LogP contribution in [0, 0.1) is 5.92 Å². The van der Waals surface area contributed by atoms with Gasteiger partial charge in [0.1, 0.15) is 11.5 Å². The highest BCUT2D eigenvalue weighted by Crippen LogP contribution is 2.24. The van der Waals surface area contributed by atoms with Gasteiger partial charge in [0.05, 0.1) is 12.3 Å². The van der Waals surface area contributed by atoms with E-state index in [0.717, 1.165) is 49.5 Å². The van der Waals surface area contributed by atoms with E-state index in [4.69, 9.17) is 10.2 Å². The molecule has 0 aromatic carbocycles. The van der Waals surface area contributed by atoms with Crippen molar-refractivity contribution in [1.82, 2.24) is 5.32 Å². The summed E-state index contributed by atoms with van der Waals surface area (Å²) < 4.78 is 5.72. The summed E-state index contributed by atoms with van der Waals surface area (Å²) in [4.78, 5) is 11.1. The number of nitrogens with two attached hydrogens (primary N) is 1. The van der Waals surface area contributed by atoms with Crippen molar-refractivity contribution in [2.75, 3.05) is 6.26 Å². The minimum atomic E-state index is -0.147. The number of thioether (sulfide) groups is 1. The molecule has 0 aliphatic heterocycles. The fourth-order valence-electron chi connectivity index (χ4n) is 2.56. The number of carbonyl (C=O) groups excluding carboxylic acids is 1. The Balaban J connectivity index is 1.72. The van der Waals surface area contributed by atoms with E-state index in [1.54, 1.807) is 11.8 Å². The Kier molecular flexibility index (Phi) is 5.34. The molecule has 0 bridgehead atoms. The van der Waals surface area contributed by atoms with Crippen molar-refractivity contribution in [3.8, 4) is 0 Å². The van der Waals surface area contributed by atoms with E-state index in [0.29, 0.717) is 6.04 Å². The average molecular weight is 282 g/mol. The molecule has 0 saturated heterocycles. The first-order chi connectivity index (χ1) is 9.19. The summed E-state index contributed by atoms with van der Waals surface area (Å²) in [5.74, 6) is 2.87. The first-order valence-electron chi connectivity index (χ1n) is 6.78. The van der Waals surface area contributed by atoms with Crippen LogP contribution < -0.4 is 11.1 Å². The molecule has 3 N–H and O–H groups in total. The van der Waals surface area contributed by atoms with Crippen molar-refractivity contribution in [3.05, 3.63) is 23.7 Å². The summed E-state index contributed by atoms with van der Waals surface area (Å²) >= 11 is 1.76. The highest BCUT2D eigenvalue weighted by Gasteiger charge is 2.24. The molecular weight excluding hydrogens is 260 g/mol. The Hall–Kier alpha value is -0.940. The summed E-state index contributed by atoms with van der Waals surface area (Å²) in [6, 6.07) is 4.55. The molecule has 0 radical (unpaired) electrons. The zero-order valence-electron chi connectivity index (χ0n) is 11.4. The summed E-state index contributed by atoms with van der Waals surface area (Å²) in [5, 5.41) is 3.50. The topological polar surface area (TPSA) is 68.3 Å². The Morgan fingerprint density at radius 3 is 2.68 bits per heavy atom. The predicted octanol–water partition coefficient (Wildman–Crippen LogP) is 2.28. The van der Waals surface area contributed by atoms with Gasteiger partial charge < -0.3 is 15.5 Å². The van der Waals surface area contributed by atoms with Crippen molar-refractivity contribution in [3.63, 3.8) is 0 Å². The van der Waals surface area contributed by atoms with Crippen LogP contribution in [0.5, 0.6) is 0 Å². The summed E-state index contributed by atoms with van der Waals surface area (Å²) in [7, 11) is 0. The van der Waals surface area contributed by atoms with Crippen molar-refractivity contribution in [2.45, 2.75) is 44.0 Å². The zero-order chi connectivity index (χ0) is 13.7. The van der Waals surface area contributed by atoms with E-state index < -0.39 is 0 Å². The normalized spacial score (nSPS) is 23.4. The van der Waals surface area contributed by atoms with Gasteiger partial charge in [-0.1, -0.05) is 0 Å². The Bertz CT molecular complexity index is 411. The van der Waals surface area contributed by atoms with Crippen LogP contribution in [0.4, 0.5) is 0 Å². The summed E-state index contributed by atoms with van der Waals surface area (Å²) in [6.07, 6.45) is 5.92. The lowest BCUT2D eigenvalue weighted by Crippen LogP contribution is -2.36. The van der Waals surface area contributed by atoms with Crippen LogP contribution in [0.3, 0.4) is 0 Å². The zero-order valence-corrected chi connectivity index (χ0v) is 12.2. The average Bonchev–Trinajstić information content (AvgIpc) is 2.85. The molecule has 1 saturated carbocycles. The maximum atomic E-state index is 11.1. The number of rotatable bonds is 6. The van der Waals surface area contributed by atoms with Crippen LogP contribution in [0.1, 0.15) is 37.2 Å².